The molecule has 0 bridgehead atoms. The second-order valence-electron chi connectivity index (χ2n) is 7.58. The summed E-state index contributed by atoms with van der Waals surface area (Å²) in [6, 6.07) is 10.7. The van der Waals surface area contributed by atoms with E-state index in [9.17, 15) is 9.59 Å². The first-order valence-electron chi connectivity index (χ1n) is 10.1. The number of nitrogens with one attached hydrogen (secondary N) is 1. The van der Waals surface area contributed by atoms with Crippen molar-refractivity contribution in [3.8, 4) is 11.5 Å². The molecule has 1 amide bonds. The minimum absolute atomic E-state index is 0.0619. The summed E-state index contributed by atoms with van der Waals surface area (Å²) in [7, 11) is 1.50. The molecule has 0 spiro atoms. The standard InChI is InChI=1S/C23H26Cl2N2O4/c1-15(28)17-4-6-21(22(12-17)30-2)31-14-23(29)26-18-7-9-27(10-8-18)13-16-3-5-19(24)20(25)11-16/h3-6,11-12,18H,7-10,13-14H2,1-2H3,(H,26,29). The van der Waals surface area contributed by atoms with Crippen LogP contribution >= 0.6 is 23.2 Å². The number of halogens is 2. The number of Topliss-reactive ketones (excluding diaryl/α,β-unsaturated/α-hetero) is 1. The average Bonchev–Trinajstić information content (AvgIpc) is 2.76. The molecule has 2 aromatic carbocycles. The van der Waals surface area contributed by atoms with Gasteiger partial charge in [0.05, 0.1) is 17.2 Å². The molecule has 2 aromatic rings. The van der Waals surface area contributed by atoms with Crippen LogP contribution in [0.5, 0.6) is 11.5 Å². The molecule has 6 nitrogen and oxygen atoms in total. The molecule has 0 atom stereocenters. The van der Waals surface area contributed by atoms with E-state index in [1.807, 2.05) is 18.2 Å². The molecule has 1 saturated heterocycles. The van der Waals surface area contributed by atoms with Gasteiger partial charge in [0, 0.05) is 31.2 Å². The molecule has 31 heavy (non-hydrogen) atoms. The van der Waals surface area contributed by atoms with E-state index in [1.165, 1.54) is 14.0 Å². The van der Waals surface area contributed by atoms with Crippen molar-refractivity contribution in [2.24, 2.45) is 0 Å². The fourth-order valence-corrected chi connectivity index (χ4v) is 3.87. The fourth-order valence-electron chi connectivity index (χ4n) is 3.55. The zero-order valence-electron chi connectivity index (χ0n) is 17.6. The van der Waals surface area contributed by atoms with Gasteiger partial charge in [0.15, 0.2) is 23.9 Å². The molecule has 1 N–H and O–H groups in total. The minimum Gasteiger partial charge on any atom is -0.493 e. The molecule has 0 unspecified atom stereocenters. The van der Waals surface area contributed by atoms with Crippen LogP contribution in [0.25, 0.3) is 0 Å². The first-order chi connectivity index (χ1) is 14.9. The maximum atomic E-state index is 12.3. The highest BCUT2D eigenvalue weighted by molar-refractivity contribution is 6.42. The lowest BCUT2D eigenvalue weighted by molar-refractivity contribution is -0.124. The number of hydrogen-bond acceptors (Lipinski definition) is 5. The highest BCUT2D eigenvalue weighted by atomic mass is 35.5. The number of carbonyl (C=O) groups excluding carboxylic acids is 2. The minimum atomic E-state index is -0.180. The second-order valence-corrected chi connectivity index (χ2v) is 8.39. The summed E-state index contributed by atoms with van der Waals surface area (Å²) in [4.78, 5) is 26.2. The van der Waals surface area contributed by atoms with Crippen molar-refractivity contribution in [2.75, 3.05) is 26.8 Å². The SMILES string of the molecule is COc1cc(C(C)=O)ccc1OCC(=O)NC1CCN(Cc2ccc(Cl)c(Cl)c2)CC1. The van der Waals surface area contributed by atoms with Gasteiger partial charge in [0.1, 0.15) is 0 Å². The molecule has 0 aromatic heterocycles. The smallest absolute Gasteiger partial charge is 0.258 e. The lowest BCUT2D eigenvalue weighted by atomic mass is 10.0. The molecule has 1 aliphatic rings. The van der Waals surface area contributed by atoms with E-state index >= 15 is 0 Å². The van der Waals surface area contributed by atoms with E-state index in [4.69, 9.17) is 32.7 Å². The van der Waals surface area contributed by atoms with E-state index in [-0.39, 0.29) is 24.3 Å². The van der Waals surface area contributed by atoms with E-state index in [0.717, 1.165) is 38.0 Å². The maximum Gasteiger partial charge on any atom is 0.258 e. The summed E-state index contributed by atoms with van der Waals surface area (Å²) in [5.41, 5.74) is 1.65. The number of rotatable bonds is 8. The van der Waals surface area contributed by atoms with Gasteiger partial charge in [0.25, 0.3) is 5.91 Å². The Kier molecular flexibility index (Phi) is 8.18. The van der Waals surface area contributed by atoms with Crippen LogP contribution in [0, 0.1) is 0 Å². The molecule has 1 fully saturated rings. The van der Waals surface area contributed by atoms with Crippen molar-refractivity contribution in [2.45, 2.75) is 32.4 Å². The molecule has 3 rings (SSSR count). The number of benzene rings is 2. The van der Waals surface area contributed by atoms with E-state index in [1.54, 1.807) is 18.2 Å². The van der Waals surface area contributed by atoms with E-state index in [2.05, 4.69) is 10.2 Å². The number of ether oxygens (including phenoxy) is 2. The van der Waals surface area contributed by atoms with Crippen molar-refractivity contribution in [3.05, 3.63) is 57.6 Å². The first-order valence-corrected chi connectivity index (χ1v) is 10.9. The van der Waals surface area contributed by atoms with E-state index in [0.29, 0.717) is 27.1 Å². The van der Waals surface area contributed by atoms with Crippen LogP contribution in [0.2, 0.25) is 10.0 Å². The lowest BCUT2D eigenvalue weighted by Crippen LogP contribution is -2.45. The molecule has 8 heteroatoms. The van der Waals surface area contributed by atoms with Crippen LogP contribution in [0.4, 0.5) is 0 Å². The molecule has 166 valence electrons. The number of nitrogens with zero attached hydrogens (tertiary/aromatic N) is 1. The van der Waals surface area contributed by atoms with Gasteiger partial charge in [0.2, 0.25) is 0 Å². The topological polar surface area (TPSA) is 67.9 Å². The Balaban J connectivity index is 1.44. The van der Waals surface area contributed by atoms with Crippen LogP contribution in [0.3, 0.4) is 0 Å². The van der Waals surface area contributed by atoms with Gasteiger partial charge in [-0.05, 0) is 55.7 Å². The Hall–Kier alpha value is -2.28. The van der Waals surface area contributed by atoms with Crippen LogP contribution in [-0.4, -0.2) is 49.4 Å². The Bertz CT molecular complexity index is 943. The van der Waals surface area contributed by atoms with Crippen molar-refractivity contribution in [3.63, 3.8) is 0 Å². The summed E-state index contributed by atoms with van der Waals surface area (Å²) in [6.45, 7) is 3.94. The highest BCUT2D eigenvalue weighted by Crippen LogP contribution is 2.28. The molecule has 0 saturated carbocycles. The molecule has 1 aliphatic heterocycles. The maximum absolute atomic E-state index is 12.3. The van der Waals surface area contributed by atoms with Gasteiger partial charge in [-0.25, -0.2) is 0 Å². The van der Waals surface area contributed by atoms with Gasteiger partial charge in [-0.3, -0.25) is 14.5 Å². The average molecular weight is 465 g/mol. The lowest BCUT2D eigenvalue weighted by Gasteiger charge is -2.32. The van der Waals surface area contributed by atoms with Crippen LogP contribution < -0.4 is 14.8 Å². The van der Waals surface area contributed by atoms with Crippen LogP contribution in [-0.2, 0) is 11.3 Å². The largest absolute Gasteiger partial charge is 0.493 e. The van der Waals surface area contributed by atoms with Gasteiger partial charge >= 0.3 is 0 Å². The molecule has 0 radical (unpaired) electrons. The number of amides is 1. The second kappa shape index (κ2) is 10.8. The third-order valence-corrected chi connectivity index (χ3v) is 6.01. The van der Waals surface area contributed by atoms with Crippen molar-refractivity contribution in [1.29, 1.82) is 0 Å². The highest BCUT2D eigenvalue weighted by Gasteiger charge is 2.21. The van der Waals surface area contributed by atoms with Gasteiger partial charge in [-0.1, -0.05) is 29.3 Å². The first kappa shape index (κ1) is 23.4. The van der Waals surface area contributed by atoms with E-state index < -0.39 is 0 Å². The summed E-state index contributed by atoms with van der Waals surface area (Å²) in [5.74, 6) is 0.615. The molecular formula is C23H26Cl2N2O4. The Labute approximate surface area is 192 Å². The Morgan fingerprint density at radius 1 is 1.06 bits per heavy atom. The summed E-state index contributed by atoms with van der Waals surface area (Å²) >= 11 is 12.1. The van der Waals surface area contributed by atoms with Crippen molar-refractivity contribution in [1.82, 2.24) is 10.2 Å². The normalized spacial score (nSPS) is 14.8. The molecular weight excluding hydrogens is 439 g/mol. The number of likely N-dealkylation sites (tertiary alicyclic amines) is 1. The fraction of sp³-hybridized carbons (Fsp3) is 0.391. The Morgan fingerprint density at radius 2 is 1.81 bits per heavy atom. The third-order valence-electron chi connectivity index (χ3n) is 5.27. The van der Waals surface area contributed by atoms with Gasteiger partial charge in [-0.2, -0.15) is 0 Å². The van der Waals surface area contributed by atoms with Gasteiger partial charge < -0.3 is 14.8 Å². The molecule has 1 heterocycles. The van der Waals surface area contributed by atoms with Crippen molar-refractivity contribution < 1.29 is 19.1 Å². The van der Waals surface area contributed by atoms with Crippen LogP contribution in [0.15, 0.2) is 36.4 Å². The molecule has 0 aliphatic carbocycles. The quantitative estimate of drug-likeness (QED) is 0.587. The predicted octanol–water partition coefficient (Wildman–Crippen LogP) is 4.36. The number of carbonyl (C=O) groups is 2. The number of piperidine rings is 1. The van der Waals surface area contributed by atoms with Crippen LogP contribution in [0.1, 0.15) is 35.7 Å². The monoisotopic (exact) mass is 464 g/mol. The summed E-state index contributed by atoms with van der Waals surface area (Å²) in [5, 5.41) is 4.15. The number of hydrogen-bond donors (Lipinski definition) is 1. The number of methoxy groups -OCH3 is 1. The predicted molar refractivity (Wildman–Crippen MR) is 121 cm³/mol. The van der Waals surface area contributed by atoms with Gasteiger partial charge in [-0.15, -0.1) is 0 Å². The third kappa shape index (κ3) is 6.60. The zero-order valence-corrected chi connectivity index (χ0v) is 19.1. The number of ketones is 1. The van der Waals surface area contributed by atoms with Crippen molar-refractivity contribution >= 4 is 34.9 Å². The summed E-state index contributed by atoms with van der Waals surface area (Å²) in [6.07, 6.45) is 1.73. The zero-order chi connectivity index (χ0) is 22.4. The summed E-state index contributed by atoms with van der Waals surface area (Å²) < 4.78 is 10.9. The Morgan fingerprint density at radius 3 is 2.45 bits per heavy atom.